The number of rotatable bonds is 7. The van der Waals surface area contributed by atoms with Crippen LogP contribution >= 0.6 is 0 Å². The third kappa shape index (κ3) is 5.07. The average Bonchev–Trinajstić information content (AvgIpc) is 2.87. The summed E-state index contributed by atoms with van der Waals surface area (Å²) in [4.78, 5) is 45.8. The molecular formula is C26H21N3O5. The number of hydrogen-bond donors (Lipinski definition) is 1. The largest absolute Gasteiger partial charge is 0.497 e. The Bertz CT molecular complexity index is 1430. The molecule has 0 bridgehead atoms. The van der Waals surface area contributed by atoms with E-state index >= 15 is 0 Å². The molecule has 1 heterocycles. The number of amides is 2. The Morgan fingerprint density at radius 1 is 0.853 bits per heavy atom. The molecule has 0 aromatic heterocycles. The number of fused-ring (bicyclic) bond motifs is 1. The molecular weight excluding hydrogens is 434 g/mol. The summed E-state index contributed by atoms with van der Waals surface area (Å²) in [5.41, 5.74) is 1.56. The molecule has 4 rings (SSSR count). The van der Waals surface area contributed by atoms with Crippen molar-refractivity contribution in [3.63, 3.8) is 0 Å². The van der Waals surface area contributed by atoms with E-state index in [2.05, 4.69) is 15.3 Å². The van der Waals surface area contributed by atoms with Crippen molar-refractivity contribution in [3.05, 3.63) is 106 Å². The van der Waals surface area contributed by atoms with Gasteiger partial charge in [0, 0.05) is 23.7 Å². The summed E-state index contributed by atoms with van der Waals surface area (Å²) in [6, 6.07) is 18.6. The highest BCUT2D eigenvalue weighted by molar-refractivity contribution is 6.09. The molecule has 8 nitrogen and oxygen atoms in total. The van der Waals surface area contributed by atoms with Crippen LogP contribution in [0.5, 0.6) is 11.5 Å². The number of allylic oxidation sites excluding steroid dienone is 1. The molecule has 0 atom stereocenters. The molecule has 1 aliphatic heterocycles. The van der Waals surface area contributed by atoms with Crippen molar-refractivity contribution in [1.82, 2.24) is 5.32 Å². The summed E-state index contributed by atoms with van der Waals surface area (Å²) in [5, 5.41) is 3.50. The summed E-state index contributed by atoms with van der Waals surface area (Å²) in [6.07, 6.45) is 1.16. The average molecular weight is 455 g/mol. The van der Waals surface area contributed by atoms with Crippen molar-refractivity contribution in [2.24, 2.45) is 9.98 Å². The van der Waals surface area contributed by atoms with Crippen LogP contribution in [0.1, 0.15) is 26.3 Å². The minimum absolute atomic E-state index is 0.0662. The molecule has 1 N–H and O–H groups in total. The predicted octanol–water partition coefficient (Wildman–Crippen LogP) is 2.18. The van der Waals surface area contributed by atoms with Crippen LogP contribution in [0.15, 0.2) is 88.5 Å². The normalized spacial score (nSPS) is 13.4. The zero-order valence-electron chi connectivity index (χ0n) is 18.6. The molecule has 3 aromatic carbocycles. The molecule has 0 aliphatic carbocycles. The molecule has 0 saturated heterocycles. The lowest BCUT2D eigenvalue weighted by atomic mass is 10.1. The zero-order valence-corrected chi connectivity index (χ0v) is 18.6. The second-order valence-corrected chi connectivity index (χ2v) is 7.39. The van der Waals surface area contributed by atoms with Gasteiger partial charge in [0.2, 0.25) is 0 Å². The van der Waals surface area contributed by atoms with E-state index in [0.717, 1.165) is 11.6 Å². The smallest absolute Gasteiger partial charge is 0.296 e. The number of carbonyl (C=O) groups is 3. The molecule has 34 heavy (non-hydrogen) atoms. The summed E-state index contributed by atoms with van der Waals surface area (Å²) in [6.45, 7) is 0.313. The van der Waals surface area contributed by atoms with Crippen LogP contribution in [0.25, 0.3) is 0 Å². The lowest BCUT2D eigenvalue weighted by molar-refractivity contribution is -0.114. The van der Waals surface area contributed by atoms with Gasteiger partial charge in [-0.1, -0.05) is 12.1 Å². The lowest BCUT2D eigenvalue weighted by Gasteiger charge is -2.08. The number of carbonyl (C=O) groups excluding carboxylic acids is 3. The van der Waals surface area contributed by atoms with E-state index < -0.39 is 5.91 Å². The van der Waals surface area contributed by atoms with E-state index in [0.29, 0.717) is 34.5 Å². The first-order chi connectivity index (χ1) is 16.5. The van der Waals surface area contributed by atoms with Gasteiger partial charge in [-0.05, 0) is 60.2 Å². The number of benzene rings is 3. The minimum atomic E-state index is -0.650. The molecule has 0 fully saturated rings. The van der Waals surface area contributed by atoms with Crippen LogP contribution in [0.3, 0.4) is 0 Å². The fourth-order valence-corrected chi connectivity index (χ4v) is 3.32. The molecule has 1 aliphatic rings. The minimum Gasteiger partial charge on any atom is -0.497 e. The Morgan fingerprint density at radius 2 is 1.59 bits per heavy atom. The van der Waals surface area contributed by atoms with Crippen molar-refractivity contribution >= 4 is 17.6 Å². The van der Waals surface area contributed by atoms with Crippen LogP contribution in [-0.4, -0.2) is 31.8 Å². The van der Waals surface area contributed by atoms with Gasteiger partial charge >= 0.3 is 0 Å². The number of nitrogens with zero attached hydrogens (tertiary/aromatic N) is 2. The fraction of sp³-hybridized carbons (Fsp3) is 0.115. The summed E-state index contributed by atoms with van der Waals surface area (Å²) < 4.78 is 10.3. The highest BCUT2D eigenvalue weighted by Gasteiger charge is 2.16. The van der Waals surface area contributed by atoms with E-state index in [4.69, 9.17) is 9.47 Å². The first-order valence-corrected chi connectivity index (χ1v) is 10.4. The SMILES string of the molecule is COc1ccc(C(=O)/C=C2\N=c3ccc(C(=O)NCc4cccc(OC)c4)cc3=NC2=O)cc1. The molecule has 2 amide bonds. The van der Waals surface area contributed by atoms with E-state index in [1.165, 1.54) is 13.2 Å². The summed E-state index contributed by atoms with van der Waals surface area (Å²) in [7, 11) is 3.11. The van der Waals surface area contributed by atoms with Crippen LogP contribution in [0.4, 0.5) is 0 Å². The van der Waals surface area contributed by atoms with Gasteiger partial charge in [0.1, 0.15) is 17.2 Å². The van der Waals surface area contributed by atoms with Crippen molar-refractivity contribution < 1.29 is 23.9 Å². The third-order valence-corrected chi connectivity index (χ3v) is 5.15. The molecule has 8 heteroatoms. The van der Waals surface area contributed by atoms with Crippen molar-refractivity contribution in [3.8, 4) is 11.5 Å². The Labute approximate surface area is 195 Å². The monoisotopic (exact) mass is 455 g/mol. The fourth-order valence-electron chi connectivity index (χ4n) is 3.32. The van der Waals surface area contributed by atoms with Gasteiger partial charge in [-0.3, -0.25) is 14.4 Å². The van der Waals surface area contributed by atoms with Crippen LogP contribution in [0, 0.1) is 0 Å². The van der Waals surface area contributed by atoms with Crippen molar-refractivity contribution in [2.75, 3.05) is 14.2 Å². The van der Waals surface area contributed by atoms with E-state index in [9.17, 15) is 14.4 Å². The number of ether oxygens (including phenoxy) is 2. The van der Waals surface area contributed by atoms with Crippen LogP contribution in [-0.2, 0) is 11.3 Å². The quantitative estimate of drug-likeness (QED) is 0.434. The Kier molecular flexibility index (Phi) is 6.59. The third-order valence-electron chi connectivity index (χ3n) is 5.15. The van der Waals surface area contributed by atoms with Gasteiger partial charge in [0.25, 0.3) is 11.8 Å². The van der Waals surface area contributed by atoms with Gasteiger partial charge < -0.3 is 14.8 Å². The van der Waals surface area contributed by atoms with E-state index in [1.807, 2.05) is 24.3 Å². The highest BCUT2D eigenvalue weighted by atomic mass is 16.5. The number of nitrogens with one attached hydrogen (secondary N) is 1. The highest BCUT2D eigenvalue weighted by Crippen LogP contribution is 2.14. The summed E-state index contributed by atoms with van der Waals surface area (Å²) in [5.74, 6) is -0.0155. The second-order valence-electron chi connectivity index (χ2n) is 7.39. The Hall–Kier alpha value is -4.59. The Morgan fingerprint density at radius 3 is 2.32 bits per heavy atom. The zero-order chi connectivity index (χ0) is 24.1. The van der Waals surface area contributed by atoms with Gasteiger partial charge in [-0.15, -0.1) is 0 Å². The molecule has 0 unspecified atom stereocenters. The predicted molar refractivity (Wildman–Crippen MR) is 123 cm³/mol. The first kappa shape index (κ1) is 22.6. The molecule has 0 radical (unpaired) electrons. The second kappa shape index (κ2) is 9.91. The maximum atomic E-state index is 12.6. The number of ketones is 1. The van der Waals surface area contributed by atoms with Crippen LogP contribution in [0.2, 0.25) is 0 Å². The van der Waals surface area contributed by atoms with Crippen molar-refractivity contribution in [2.45, 2.75) is 6.54 Å². The summed E-state index contributed by atoms with van der Waals surface area (Å²) >= 11 is 0. The lowest BCUT2D eigenvalue weighted by Crippen LogP contribution is -2.33. The maximum Gasteiger partial charge on any atom is 0.296 e. The first-order valence-electron chi connectivity index (χ1n) is 10.4. The van der Waals surface area contributed by atoms with E-state index in [1.54, 1.807) is 43.5 Å². The maximum absolute atomic E-state index is 12.6. The van der Waals surface area contributed by atoms with Crippen molar-refractivity contribution in [1.29, 1.82) is 0 Å². The van der Waals surface area contributed by atoms with Crippen LogP contribution < -0.4 is 25.5 Å². The molecule has 0 spiro atoms. The Balaban J connectivity index is 1.51. The number of hydrogen-bond acceptors (Lipinski definition) is 6. The van der Waals surface area contributed by atoms with E-state index in [-0.39, 0.29) is 22.7 Å². The standard InChI is InChI=1S/C26H21N3O5/c1-33-19-9-6-17(7-10-19)24(30)14-23-26(32)29-22-13-18(8-11-21(22)28-23)25(31)27-15-16-4-3-5-20(12-16)34-2/h3-14H,15H2,1-2H3,(H,27,31)/b23-14-. The molecule has 0 saturated carbocycles. The van der Waals surface area contributed by atoms with Gasteiger partial charge in [-0.2, -0.15) is 0 Å². The molecule has 170 valence electrons. The topological polar surface area (TPSA) is 106 Å². The number of methoxy groups -OCH3 is 2. The van der Waals surface area contributed by atoms with Gasteiger partial charge in [0.15, 0.2) is 5.78 Å². The molecule has 3 aromatic rings. The van der Waals surface area contributed by atoms with Gasteiger partial charge in [-0.25, -0.2) is 9.98 Å². The van der Waals surface area contributed by atoms with Gasteiger partial charge in [0.05, 0.1) is 24.9 Å².